The van der Waals surface area contributed by atoms with Gasteiger partial charge in [0.25, 0.3) is 0 Å². The lowest BCUT2D eigenvalue weighted by Crippen LogP contribution is -2.14. The van der Waals surface area contributed by atoms with Crippen LogP contribution >= 0.6 is 22.6 Å². The van der Waals surface area contributed by atoms with Crippen molar-refractivity contribution >= 4 is 28.9 Å². The van der Waals surface area contributed by atoms with Crippen LogP contribution in [0.1, 0.15) is 50.5 Å². The SMILES string of the molecule is CC(C)COc1c(I)cc(C(C)(C)C)cc1C=O. The largest absolute Gasteiger partial charge is 0.491 e. The molecule has 0 saturated carbocycles. The lowest BCUT2D eigenvalue weighted by molar-refractivity contribution is 0.111. The summed E-state index contributed by atoms with van der Waals surface area (Å²) >= 11 is 2.24. The van der Waals surface area contributed by atoms with Crippen molar-refractivity contribution in [1.82, 2.24) is 0 Å². The van der Waals surface area contributed by atoms with Crippen LogP contribution in [0, 0.1) is 9.49 Å². The van der Waals surface area contributed by atoms with Gasteiger partial charge in [-0.05, 0) is 51.6 Å². The molecule has 0 amide bonds. The van der Waals surface area contributed by atoms with E-state index in [0.717, 1.165) is 15.4 Å². The standard InChI is InChI=1S/C15H21IO2/c1-10(2)9-18-14-11(8-17)6-12(7-13(14)16)15(3,4)5/h6-8,10H,9H2,1-5H3. The normalized spacial score (nSPS) is 11.7. The Hall–Kier alpha value is -0.580. The molecule has 0 heterocycles. The highest BCUT2D eigenvalue weighted by molar-refractivity contribution is 14.1. The zero-order valence-electron chi connectivity index (χ0n) is 11.7. The van der Waals surface area contributed by atoms with E-state index in [1.54, 1.807) is 0 Å². The van der Waals surface area contributed by atoms with E-state index in [2.05, 4.69) is 63.3 Å². The van der Waals surface area contributed by atoms with E-state index in [9.17, 15) is 4.79 Å². The van der Waals surface area contributed by atoms with Crippen molar-refractivity contribution in [3.63, 3.8) is 0 Å². The predicted molar refractivity (Wildman–Crippen MR) is 83.6 cm³/mol. The maximum absolute atomic E-state index is 11.2. The fourth-order valence-corrected chi connectivity index (χ4v) is 2.34. The Morgan fingerprint density at radius 3 is 2.39 bits per heavy atom. The van der Waals surface area contributed by atoms with E-state index >= 15 is 0 Å². The Kier molecular flexibility index (Phi) is 5.20. The van der Waals surface area contributed by atoms with Gasteiger partial charge in [-0.1, -0.05) is 34.6 Å². The third-order valence-electron chi connectivity index (χ3n) is 2.63. The maximum Gasteiger partial charge on any atom is 0.153 e. The quantitative estimate of drug-likeness (QED) is 0.586. The smallest absolute Gasteiger partial charge is 0.153 e. The number of benzene rings is 1. The van der Waals surface area contributed by atoms with Crippen molar-refractivity contribution in [1.29, 1.82) is 0 Å². The van der Waals surface area contributed by atoms with E-state index in [0.29, 0.717) is 23.8 Å². The molecule has 1 rings (SSSR count). The highest BCUT2D eigenvalue weighted by atomic mass is 127. The molecule has 0 bridgehead atoms. The zero-order valence-corrected chi connectivity index (χ0v) is 13.9. The van der Waals surface area contributed by atoms with Gasteiger partial charge in [0, 0.05) is 0 Å². The highest BCUT2D eigenvalue weighted by Crippen LogP contribution is 2.32. The monoisotopic (exact) mass is 360 g/mol. The fraction of sp³-hybridized carbons (Fsp3) is 0.533. The molecule has 100 valence electrons. The summed E-state index contributed by atoms with van der Waals surface area (Å²) < 4.78 is 6.75. The molecular formula is C15H21IO2. The Morgan fingerprint density at radius 2 is 1.94 bits per heavy atom. The van der Waals surface area contributed by atoms with Gasteiger partial charge in [-0.3, -0.25) is 4.79 Å². The predicted octanol–water partition coefficient (Wildman–Crippen LogP) is 4.44. The van der Waals surface area contributed by atoms with Gasteiger partial charge in [0.05, 0.1) is 15.7 Å². The number of halogens is 1. The van der Waals surface area contributed by atoms with Crippen molar-refractivity contribution in [2.45, 2.75) is 40.0 Å². The van der Waals surface area contributed by atoms with Crippen LogP contribution in [0.4, 0.5) is 0 Å². The van der Waals surface area contributed by atoms with Crippen LogP contribution in [0.15, 0.2) is 12.1 Å². The molecule has 2 nitrogen and oxygen atoms in total. The number of rotatable bonds is 4. The fourth-order valence-electron chi connectivity index (χ4n) is 1.54. The first-order valence-electron chi connectivity index (χ1n) is 6.17. The first kappa shape index (κ1) is 15.5. The van der Waals surface area contributed by atoms with Gasteiger partial charge in [-0.2, -0.15) is 0 Å². The number of ether oxygens (including phenoxy) is 1. The van der Waals surface area contributed by atoms with E-state index in [1.807, 2.05) is 6.07 Å². The molecule has 0 unspecified atom stereocenters. The number of hydrogen-bond donors (Lipinski definition) is 0. The zero-order chi connectivity index (χ0) is 13.9. The molecule has 0 aliphatic rings. The summed E-state index contributed by atoms with van der Waals surface area (Å²) in [6.45, 7) is 11.2. The minimum atomic E-state index is 0.0360. The molecule has 0 aliphatic heterocycles. The average molecular weight is 360 g/mol. The van der Waals surface area contributed by atoms with E-state index in [4.69, 9.17) is 4.74 Å². The Balaban J connectivity index is 3.16. The first-order valence-corrected chi connectivity index (χ1v) is 7.25. The van der Waals surface area contributed by atoms with Crippen molar-refractivity contribution in [3.8, 4) is 5.75 Å². The Labute approximate surface area is 123 Å². The average Bonchev–Trinajstić information content (AvgIpc) is 2.24. The lowest BCUT2D eigenvalue weighted by atomic mass is 9.86. The summed E-state index contributed by atoms with van der Waals surface area (Å²) in [6, 6.07) is 4.04. The maximum atomic E-state index is 11.2. The summed E-state index contributed by atoms with van der Waals surface area (Å²) in [4.78, 5) is 11.2. The van der Waals surface area contributed by atoms with Gasteiger partial charge in [-0.15, -0.1) is 0 Å². The van der Waals surface area contributed by atoms with Gasteiger partial charge >= 0.3 is 0 Å². The van der Waals surface area contributed by atoms with E-state index < -0.39 is 0 Å². The second-order valence-corrected chi connectivity index (χ2v) is 7.11. The van der Waals surface area contributed by atoms with Crippen LogP contribution in [0.3, 0.4) is 0 Å². The molecule has 0 aromatic heterocycles. The van der Waals surface area contributed by atoms with Crippen molar-refractivity contribution in [2.24, 2.45) is 5.92 Å². The summed E-state index contributed by atoms with van der Waals surface area (Å²) in [5.74, 6) is 1.16. The van der Waals surface area contributed by atoms with Crippen molar-refractivity contribution in [2.75, 3.05) is 6.61 Å². The van der Waals surface area contributed by atoms with Crippen LogP contribution in [0.5, 0.6) is 5.75 Å². The van der Waals surface area contributed by atoms with Gasteiger partial charge in [-0.25, -0.2) is 0 Å². The van der Waals surface area contributed by atoms with E-state index in [-0.39, 0.29) is 5.41 Å². The number of aldehydes is 1. The van der Waals surface area contributed by atoms with Crippen molar-refractivity contribution in [3.05, 3.63) is 26.8 Å². The minimum absolute atomic E-state index is 0.0360. The molecule has 3 heteroatoms. The molecule has 1 aromatic carbocycles. The topological polar surface area (TPSA) is 26.3 Å². The first-order chi connectivity index (χ1) is 8.25. The Bertz CT molecular complexity index is 431. The van der Waals surface area contributed by atoms with E-state index in [1.165, 1.54) is 0 Å². The number of carbonyl (C=O) groups is 1. The van der Waals surface area contributed by atoms with Gasteiger partial charge in [0.1, 0.15) is 5.75 Å². The number of carbonyl (C=O) groups excluding carboxylic acids is 1. The second-order valence-electron chi connectivity index (χ2n) is 5.95. The molecule has 0 atom stereocenters. The van der Waals surface area contributed by atoms with Crippen LogP contribution in [0.2, 0.25) is 0 Å². The molecule has 0 fully saturated rings. The van der Waals surface area contributed by atoms with Gasteiger partial charge in [0.2, 0.25) is 0 Å². The molecular weight excluding hydrogens is 339 g/mol. The Morgan fingerprint density at radius 1 is 1.33 bits per heavy atom. The van der Waals surface area contributed by atoms with Crippen LogP contribution in [0.25, 0.3) is 0 Å². The molecule has 0 saturated heterocycles. The summed E-state index contributed by atoms with van der Waals surface area (Å²) in [5.41, 5.74) is 1.84. The van der Waals surface area contributed by atoms with Crippen LogP contribution < -0.4 is 4.74 Å². The third-order valence-corrected chi connectivity index (χ3v) is 3.43. The van der Waals surface area contributed by atoms with Crippen LogP contribution in [-0.2, 0) is 5.41 Å². The lowest BCUT2D eigenvalue weighted by Gasteiger charge is -2.21. The summed E-state index contributed by atoms with van der Waals surface area (Å²) in [5, 5.41) is 0. The molecule has 0 radical (unpaired) electrons. The van der Waals surface area contributed by atoms with Gasteiger partial charge in [0.15, 0.2) is 6.29 Å². The van der Waals surface area contributed by atoms with Crippen molar-refractivity contribution < 1.29 is 9.53 Å². The minimum Gasteiger partial charge on any atom is -0.491 e. The number of hydrogen-bond acceptors (Lipinski definition) is 2. The molecule has 0 spiro atoms. The second kappa shape index (κ2) is 6.04. The third kappa shape index (κ3) is 3.97. The van der Waals surface area contributed by atoms with Crippen LogP contribution in [-0.4, -0.2) is 12.9 Å². The summed E-state index contributed by atoms with van der Waals surface area (Å²) in [7, 11) is 0. The van der Waals surface area contributed by atoms with Gasteiger partial charge < -0.3 is 4.74 Å². The highest BCUT2D eigenvalue weighted by Gasteiger charge is 2.18. The molecule has 0 aliphatic carbocycles. The molecule has 18 heavy (non-hydrogen) atoms. The summed E-state index contributed by atoms with van der Waals surface area (Å²) in [6.07, 6.45) is 0.882. The molecule has 0 N–H and O–H groups in total. The molecule has 1 aromatic rings.